The van der Waals surface area contributed by atoms with Gasteiger partial charge in [-0.3, -0.25) is 0 Å². The van der Waals surface area contributed by atoms with Crippen LogP contribution >= 0.6 is 0 Å². The molecule has 0 saturated carbocycles. The molecule has 1 aromatic heterocycles. The van der Waals surface area contributed by atoms with Gasteiger partial charge in [-0.15, -0.1) is 13.2 Å². The van der Waals surface area contributed by atoms with Crippen LogP contribution in [0.1, 0.15) is 50.3 Å². The Kier molecular flexibility index (Phi) is 7.44. The van der Waals surface area contributed by atoms with Gasteiger partial charge in [-0.05, 0) is 42.4 Å². The first kappa shape index (κ1) is 19.7. The van der Waals surface area contributed by atoms with Crippen molar-refractivity contribution in [2.45, 2.75) is 33.1 Å². The van der Waals surface area contributed by atoms with Gasteiger partial charge in [0.2, 0.25) is 0 Å². The van der Waals surface area contributed by atoms with Gasteiger partial charge in [0, 0.05) is 7.05 Å². The number of rotatable bonds is 10. The van der Waals surface area contributed by atoms with E-state index in [9.17, 15) is 0 Å². The molecular weight excluding hydrogens is 292 g/mol. The lowest BCUT2D eigenvalue weighted by atomic mass is 9.82. The van der Waals surface area contributed by atoms with Crippen molar-refractivity contribution in [1.29, 1.82) is 0 Å². The van der Waals surface area contributed by atoms with Crippen molar-refractivity contribution in [2.24, 2.45) is 12.5 Å². The maximum absolute atomic E-state index is 4.81. The quantitative estimate of drug-likeness (QED) is 0.369. The first-order valence-electron chi connectivity index (χ1n) is 8.29. The molecule has 0 fully saturated rings. The van der Waals surface area contributed by atoms with E-state index in [-0.39, 0.29) is 5.41 Å². The van der Waals surface area contributed by atoms with Crippen molar-refractivity contribution in [3.63, 3.8) is 0 Å². The maximum Gasteiger partial charge on any atom is 0.136 e. The summed E-state index contributed by atoms with van der Waals surface area (Å²) in [6.45, 7) is 19.9. The summed E-state index contributed by atoms with van der Waals surface area (Å²) in [5.41, 5.74) is 3.28. The van der Waals surface area contributed by atoms with E-state index in [0.717, 1.165) is 36.5 Å². The van der Waals surface area contributed by atoms with Gasteiger partial charge >= 0.3 is 0 Å². The standard InChI is InChI=1S/C22H30N2/c1-8-12-14-18(17-22(5,6)16-10-3)21-23-19(11-4)20(24(21)7)15-13-9-2/h8-11,13-15H,1-4,12,16-17H2,5-7H3/b15-13-,18-14+. The van der Waals surface area contributed by atoms with Crippen LogP contribution < -0.4 is 0 Å². The number of hydrogen-bond donors (Lipinski definition) is 0. The Balaban J connectivity index is 3.38. The molecule has 0 atom stereocenters. The Morgan fingerprint density at radius 1 is 1.17 bits per heavy atom. The normalized spacial score (nSPS) is 12.4. The highest BCUT2D eigenvalue weighted by molar-refractivity contribution is 5.68. The van der Waals surface area contributed by atoms with Crippen molar-refractivity contribution >= 4 is 17.7 Å². The van der Waals surface area contributed by atoms with E-state index in [2.05, 4.69) is 50.8 Å². The Morgan fingerprint density at radius 3 is 2.42 bits per heavy atom. The third-order valence-electron chi connectivity index (χ3n) is 3.94. The Morgan fingerprint density at radius 2 is 1.88 bits per heavy atom. The van der Waals surface area contributed by atoms with Crippen LogP contribution in [0.4, 0.5) is 0 Å². The van der Waals surface area contributed by atoms with Crippen LogP contribution in [0.2, 0.25) is 0 Å². The average Bonchev–Trinajstić information content (AvgIpc) is 2.85. The van der Waals surface area contributed by atoms with Crippen molar-refractivity contribution in [1.82, 2.24) is 9.55 Å². The summed E-state index contributed by atoms with van der Waals surface area (Å²) in [5.74, 6) is 0.979. The van der Waals surface area contributed by atoms with E-state index in [1.165, 1.54) is 5.57 Å². The zero-order valence-electron chi connectivity index (χ0n) is 15.4. The monoisotopic (exact) mass is 322 g/mol. The van der Waals surface area contributed by atoms with Crippen molar-refractivity contribution in [3.8, 4) is 0 Å². The molecule has 0 amide bonds. The van der Waals surface area contributed by atoms with E-state index in [4.69, 9.17) is 4.98 Å². The van der Waals surface area contributed by atoms with Crippen molar-refractivity contribution < 1.29 is 0 Å². The zero-order chi connectivity index (χ0) is 18.2. The van der Waals surface area contributed by atoms with Gasteiger partial charge < -0.3 is 4.57 Å². The lowest BCUT2D eigenvalue weighted by Crippen LogP contribution is -2.12. The minimum Gasteiger partial charge on any atom is -0.327 e. The van der Waals surface area contributed by atoms with Crippen LogP contribution in [-0.4, -0.2) is 9.55 Å². The van der Waals surface area contributed by atoms with E-state index in [1.54, 1.807) is 12.2 Å². The number of nitrogens with zero attached hydrogens (tertiary/aromatic N) is 2. The highest BCUT2D eigenvalue weighted by Crippen LogP contribution is 2.34. The topological polar surface area (TPSA) is 17.8 Å². The molecule has 0 unspecified atom stereocenters. The summed E-state index contributed by atoms with van der Waals surface area (Å²) in [5, 5.41) is 0. The average molecular weight is 322 g/mol. The molecule has 0 N–H and O–H groups in total. The Labute approximate surface area is 147 Å². The van der Waals surface area contributed by atoms with Crippen LogP contribution in [0, 0.1) is 5.41 Å². The third-order valence-corrected chi connectivity index (χ3v) is 3.94. The molecular formula is C22H30N2. The van der Waals surface area contributed by atoms with Gasteiger partial charge in [0.15, 0.2) is 0 Å². The molecule has 1 heterocycles. The summed E-state index contributed by atoms with van der Waals surface area (Å²) in [6.07, 6.45) is 16.3. The molecule has 1 rings (SSSR count). The van der Waals surface area contributed by atoms with E-state index >= 15 is 0 Å². The smallest absolute Gasteiger partial charge is 0.136 e. The predicted octanol–water partition coefficient (Wildman–Crippen LogP) is 6.21. The SMILES string of the molecule is C=C/C=C\c1c(C=C)nc(/C(=C/CC=C)CC(C)(C)CC=C)n1C. The number of hydrogen-bond acceptors (Lipinski definition) is 1. The maximum atomic E-state index is 4.81. The van der Waals surface area contributed by atoms with Gasteiger partial charge in [0.05, 0.1) is 11.4 Å². The molecule has 0 aliphatic rings. The first-order chi connectivity index (χ1) is 11.4. The van der Waals surface area contributed by atoms with Crippen LogP contribution in [-0.2, 0) is 7.05 Å². The van der Waals surface area contributed by atoms with Crippen molar-refractivity contribution in [2.75, 3.05) is 0 Å². The second-order valence-corrected chi connectivity index (χ2v) is 6.65. The van der Waals surface area contributed by atoms with Gasteiger partial charge in [-0.25, -0.2) is 4.98 Å². The molecule has 0 bridgehead atoms. The number of allylic oxidation sites excluding steroid dienone is 6. The molecule has 0 radical (unpaired) electrons. The molecule has 2 nitrogen and oxygen atoms in total. The molecule has 2 heteroatoms. The lowest BCUT2D eigenvalue weighted by molar-refractivity contribution is 0.382. The van der Waals surface area contributed by atoms with Crippen molar-refractivity contribution in [3.05, 3.63) is 73.9 Å². The first-order valence-corrected chi connectivity index (χ1v) is 8.29. The molecule has 0 aromatic carbocycles. The highest BCUT2D eigenvalue weighted by Gasteiger charge is 2.22. The van der Waals surface area contributed by atoms with Crippen LogP contribution in [0.3, 0.4) is 0 Å². The molecule has 128 valence electrons. The summed E-state index contributed by atoms with van der Waals surface area (Å²) in [6, 6.07) is 0. The van der Waals surface area contributed by atoms with Gasteiger partial charge in [0.1, 0.15) is 5.82 Å². The summed E-state index contributed by atoms with van der Waals surface area (Å²) < 4.78 is 2.12. The predicted molar refractivity (Wildman–Crippen MR) is 109 cm³/mol. The fourth-order valence-corrected chi connectivity index (χ4v) is 2.77. The molecule has 1 aromatic rings. The minimum absolute atomic E-state index is 0.131. The van der Waals surface area contributed by atoms with E-state index in [0.29, 0.717) is 0 Å². The van der Waals surface area contributed by atoms with Gasteiger partial charge in [0.25, 0.3) is 0 Å². The van der Waals surface area contributed by atoms with Gasteiger partial charge in [-0.2, -0.15) is 0 Å². The molecule has 24 heavy (non-hydrogen) atoms. The largest absolute Gasteiger partial charge is 0.327 e. The molecule has 0 saturated heterocycles. The van der Waals surface area contributed by atoms with Crippen LogP contribution in [0.5, 0.6) is 0 Å². The summed E-state index contributed by atoms with van der Waals surface area (Å²) in [4.78, 5) is 4.81. The zero-order valence-corrected chi connectivity index (χ0v) is 15.4. The summed E-state index contributed by atoms with van der Waals surface area (Å²) in [7, 11) is 2.04. The molecule has 0 spiro atoms. The highest BCUT2D eigenvalue weighted by atomic mass is 15.1. The van der Waals surface area contributed by atoms with Crippen LogP contribution in [0.25, 0.3) is 17.7 Å². The molecule has 0 aliphatic heterocycles. The Hall–Kier alpha value is -2.35. The fraction of sp³-hybridized carbons (Fsp3) is 0.318. The Bertz CT molecular complexity index is 666. The van der Waals surface area contributed by atoms with E-state index < -0.39 is 0 Å². The second-order valence-electron chi connectivity index (χ2n) is 6.65. The minimum atomic E-state index is 0.131. The van der Waals surface area contributed by atoms with Gasteiger partial charge in [-0.1, -0.05) is 57.4 Å². The van der Waals surface area contributed by atoms with E-state index in [1.807, 2.05) is 31.4 Å². The fourth-order valence-electron chi connectivity index (χ4n) is 2.77. The number of aromatic nitrogens is 2. The van der Waals surface area contributed by atoms with Crippen LogP contribution in [0.15, 0.2) is 56.7 Å². The third kappa shape index (κ3) is 5.09. The number of imidazole rings is 1. The lowest BCUT2D eigenvalue weighted by Gasteiger charge is -2.24. The summed E-state index contributed by atoms with van der Waals surface area (Å²) >= 11 is 0. The second kappa shape index (κ2) is 9.07. The molecule has 0 aliphatic carbocycles.